The fraction of sp³-hybridized carbons (Fsp3) is 0.231. The summed E-state index contributed by atoms with van der Waals surface area (Å²) in [6.45, 7) is 0.426. The smallest absolute Gasteiger partial charge is 0.298 e. The summed E-state index contributed by atoms with van der Waals surface area (Å²) in [4.78, 5) is 10.5. The van der Waals surface area contributed by atoms with Crippen molar-refractivity contribution >= 4 is 6.29 Å². The molecule has 2 rings (SSSR count). The Labute approximate surface area is 107 Å². The Morgan fingerprint density at radius 3 is 2.74 bits per heavy atom. The van der Waals surface area contributed by atoms with Gasteiger partial charge in [0.2, 0.25) is 0 Å². The van der Waals surface area contributed by atoms with Gasteiger partial charge in [-0.1, -0.05) is 18.2 Å². The Morgan fingerprint density at radius 1 is 1.32 bits per heavy atom. The average Bonchev–Trinajstić information content (AvgIpc) is 2.84. The number of nitrogens with zero attached hydrogens (tertiary/aromatic N) is 2. The highest BCUT2D eigenvalue weighted by molar-refractivity contribution is 5.73. The van der Waals surface area contributed by atoms with Crippen molar-refractivity contribution in [3.8, 4) is 0 Å². The minimum absolute atomic E-state index is 0.421. The maximum atomic E-state index is 12.5. The average molecular weight is 268 g/mol. The van der Waals surface area contributed by atoms with Crippen LogP contribution in [0.15, 0.2) is 36.7 Å². The molecule has 100 valence electrons. The molecule has 0 bridgehead atoms. The van der Waals surface area contributed by atoms with Gasteiger partial charge in [-0.3, -0.25) is 9.48 Å². The van der Waals surface area contributed by atoms with E-state index in [1.54, 1.807) is 12.3 Å². The normalized spacial score (nSPS) is 11.5. The Hall–Kier alpha value is -2.11. The summed E-state index contributed by atoms with van der Waals surface area (Å²) in [5.41, 5.74) is 0.376. The summed E-state index contributed by atoms with van der Waals surface area (Å²) in [7, 11) is 0. The van der Waals surface area contributed by atoms with E-state index in [0.717, 1.165) is 12.1 Å². The fourth-order valence-corrected chi connectivity index (χ4v) is 1.71. The number of aldehydes is 1. The zero-order valence-corrected chi connectivity index (χ0v) is 9.89. The van der Waals surface area contributed by atoms with Crippen LogP contribution in [0.4, 0.5) is 13.2 Å². The van der Waals surface area contributed by atoms with Crippen molar-refractivity contribution in [2.75, 3.05) is 0 Å². The zero-order chi connectivity index (χ0) is 13.9. The van der Waals surface area contributed by atoms with Crippen LogP contribution in [0.1, 0.15) is 21.5 Å². The van der Waals surface area contributed by atoms with Gasteiger partial charge in [0.15, 0.2) is 6.29 Å². The van der Waals surface area contributed by atoms with Crippen LogP contribution in [0, 0.1) is 0 Å². The van der Waals surface area contributed by atoms with E-state index in [2.05, 4.69) is 5.10 Å². The van der Waals surface area contributed by atoms with E-state index < -0.39 is 11.7 Å². The summed E-state index contributed by atoms with van der Waals surface area (Å²) in [5, 5.41) is 3.94. The number of rotatable bonds is 4. The molecule has 0 aliphatic carbocycles. The summed E-state index contributed by atoms with van der Waals surface area (Å²) in [5.74, 6) is 0. The SMILES string of the molecule is O=Cc1cnn(CCc2cccc(C(F)(F)F)c2)c1. The van der Waals surface area contributed by atoms with Crippen LogP contribution in [0.5, 0.6) is 0 Å². The number of benzene rings is 1. The van der Waals surface area contributed by atoms with Gasteiger partial charge in [-0.15, -0.1) is 0 Å². The third-order valence-electron chi connectivity index (χ3n) is 2.67. The number of aryl methyl sites for hydroxylation is 2. The first-order chi connectivity index (χ1) is 8.99. The molecule has 0 N–H and O–H groups in total. The molecule has 0 radical (unpaired) electrons. The number of hydrogen-bond acceptors (Lipinski definition) is 2. The molecular weight excluding hydrogens is 257 g/mol. The molecule has 0 unspecified atom stereocenters. The van der Waals surface area contributed by atoms with E-state index in [9.17, 15) is 18.0 Å². The standard InChI is InChI=1S/C13H11F3N2O/c14-13(15,16)12-3-1-2-10(6-12)4-5-18-8-11(9-19)7-17-18/h1-3,6-9H,4-5H2. The van der Waals surface area contributed by atoms with E-state index in [0.29, 0.717) is 30.4 Å². The third-order valence-corrected chi connectivity index (χ3v) is 2.67. The Morgan fingerprint density at radius 2 is 2.11 bits per heavy atom. The van der Waals surface area contributed by atoms with Crippen LogP contribution >= 0.6 is 0 Å². The lowest BCUT2D eigenvalue weighted by molar-refractivity contribution is -0.137. The van der Waals surface area contributed by atoms with E-state index in [-0.39, 0.29) is 0 Å². The predicted octanol–water partition coefficient (Wildman–Crippen LogP) is 2.96. The highest BCUT2D eigenvalue weighted by Gasteiger charge is 2.30. The van der Waals surface area contributed by atoms with Crippen LogP contribution in [-0.2, 0) is 19.1 Å². The summed E-state index contributed by atoms with van der Waals surface area (Å²) in [6.07, 6.45) is -0.260. The number of carbonyl (C=O) groups is 1. The lowest BCUT2D eigenvalue weighted by atomic mass is 10.1. The van der Waals surface area contributed by atoms with Gasteiger partial charge in [0.1, 0.15) is 0 Å². The number of halogens is 3. The molecule has 0 spiro atoms. The highest BCUT2D eigenvalue weighted by Crippen LogP contribution is 2.29. The first kappa shape index (κ1) is 13.3. The molecular formula is C13H11F3N2O. The van der Waals surface area contributed by atoms with E-state index in [1.807, 2.05) is 0 Å². The number of carbonyl (C=O) groups excluding carboxylic acids is 1. The van der Waals surface area contributed by atoms with Crippen LogP contribution in [0.3, 0.4) is 0 Å². The molecule has 0 amide bonds. The third kappa shape index (κ3) is 3.43. The van der Waals surface area contributed by atoms with Gasteiger partial charge in [0, 0.05) is 12.7 Å². The summed E-state index contributed by atoms with van der Waals surface area (Å²) < 4.78 is 39.1. The summed E-state index contributed by atoms with van der Waals surface area (Å²) in [6, 6.07) is 5.20. The van der Waals surface area contributed by atoms with Gasteiger partial charge in [-0.2, -0.15) is 18.3 Å². The van der Waals surface area contributed by atoms with Gasteiger partial charge in [0.05, 0.1) is 17.3 Å². The van der Waals surface area contributed by atoms with Crippen molar-refractivity contribution in [1.29, 1.82) is 0 Å². The molecule has 6 heteroatoms. The Bertz CT molecular complexity index is 575. The van der Waals surface area contributed by atoms with Crippen molar-refractivity contribution in [1.82, 2.24) is 9.78 Å². The number of hydrogen-bond donors (Lipinski definition) is 0. The van der Waals surface area contributed by atoms with Crippen LogP contribution in [-0.4, -0.2) is 16.1 Å². The molecule has 2 aromatic rings. The van der Waals surface area contributed by atoms with Gasteiger partial charge < -0.3 is 0 Å². The van der Waals surface area contributed by atoms with E-state index in [4.69, 9.17) is 0 Å². The van der Waals surface area contributed by atoms with Crippen LogP contribution in [0.2, 0.25) is 0 Å². The highest BCUT2D eigenvalue weighted by atomic mass is 19.4. The molecule has 1 aromatic carbocycles. The topological polar surface area (TPSA) is 34.9 Å². The molecule has 0 saturated heterocycles. The van der Waals surface area contributed by atoms with Crippen molar-refractivity contribution in [2.24, 2.45) is 0 Å². The predicted molar refractivity (Wildman–Crippen MR) is 62.8 cm³/mol. The minimum Gasteiger partial charge on any atom is -0.298 e. The molecule has 0 atom stereocenters. The molecule has 3 nitrogen and oxygen atoms in total. The van der Waals surface area contributed by atoms with E-state index >= 15 is 0 Å². The molecule has 0 aliphatic rings. The van der Waals surface area contributed by atoms with Gasteiger partial charge in [-0.05, 0) is 18.1 Å². The molecule has 0 fully saturated rings. The molecule has 0 saturated carbocycles. The second-order valence-electron chi connectivity index (χ2n) is 4.10. The Kier molecular flexibility index (Phi) is 3.69. The van der Waals surface area contributed by atoms with E-state index in [1.165, 1.54) is 16.9 Å². The second-order valence-corrected chi connectivity index (χ2v) is 4.10. The van der Waals surface area contributed by atoms with Crippen molar-refractivity contribution < 1.29 is 18.0 Å². The number of aromatic nitrogens is 2. The maximum Gasteiger partial charge on any atom is 0.416 e. The van der Waals surface area contributed by atoms with Crippen molar-refractivity contribution in [3.05, 3.63) is 53.3 Å². The van der Waals surface area contributed by atoms with Crippen LogP contribution < -0.4 is 0 Å². The molecule has 1 aromatic heterocycles. The van der Waals surface area contributed by atoms with Crippen molar-refractivity contribution in [3.63, 3.8) is 0 Å². The maximum absolute atomic E-state index is 12.5. The first-order valence-electron chi connectivity index (χ1n) is 5.63. The molecule has 1 heterocycles. The first-order valence-corrected chi connectivity index (χ1v) is 5.63. The monoisotopic (exact) mass is 268 g/mol. The van der Waals surface area contributed by atoms with Crippen molar-refractivity contribution in [2.45, 2.75) is 19.1 Å². The number of alkyl halides is 3. The zero-order valence-electron chi connectivity index (χ0n) is 9.89. The lowest BCUT2D eigenvalue weighted by Gasteiger charge is -2.08. The Balaban J connectivity index is 2.05. The second kappa shape index (κ2) is 5.26. The van der Waals surface area contributed by atoms with Crippen LogP contribution in [0.25, 0.3) is 0 Å². The molecule has 19 heavy (non-hydrogen) atoms. The van der Waals surface area contributed by atoms with Gasteiger partial charge in [-0.25, -0.2) is 0 Å². The quantitative estimate of drug-likeness (QED) is 0.799. The minimum atomic E-state index is -4.33. The lowest BCUT2D eigenvalue weighted by Crippen LogP contribution is -2.06. The summed E-state index contributed by atoms with van der Waals surface area (Å²) >= 11 is 0. The molecule has 0 aliphatic heterocycles. The van der Waals surface area contributed by atoms with Gasteiger partial charge >= 0.3 is 6.18 Å². The van der Waals surface area contributed by atoms with Gasteiger partial charge in [0.25, 0.3) is 0 Å². The fourth-order valence-electron chi connectivity index (χ4n) is 1.71. The largest absolute Gasteiger partial charge is 0.416 e.